The van der Waals surface area contributed by atoms with Crippen LogP contribution in [-0.4, -0.2) is 29.2 Å². The van der Waals surface area contributed by atoms with Gasteiger partial charge in [-0.25, -0.2) is 5.01 Å². The first-order chi connectivity index (χ1) is 8.24. The van der Waals surface area contributed by atoms with E-state index in [1.807, 2.05) is 0 Å². The summed E-state index contributed by atoms with van der Waals surface area (Å²) in [5.74, 6) is 0.0199. The topological polar surface area (TPSA) is 46.6 Å². The Morgan fingerprint density at radius 1 is 1.29 bits per heavy atom. The number of anilines is 1. The summed E-state index contributed by atoms with van der Waals surface area (Å²) in [6, 6.07) is 6.96. The fourth-order valence-corrected chi connectivity index (χ4v) is 2.30. The molecule has 0 N–H and O–H groups in total. The highest BCUT2D eigenvalue weighted by atomic mass is 79.9. The van der Waals surface area contributed by atoms with E-state index in [2.05, 4.69) is 15.9 Å². The molecule has 1 aromatic carbocycles. The molecule has 92 valence electrons. The standard InChI is InChI=1S/C12H14BrN2O2/c13-7-3-4-8-14-9-12(16)10-5-1-2-6-11(10)15(14)17/h1-2,5-6H,3-4,7-9H2/q-1. The molecule has 0 spiro atoms. The summed E-state index contributed by atoms with van der Waals surface area (Å²) in [7, 11) is 0. The maximum absolute atomic E-state index is 12.0. The van der Waals surface area contributed by atoms with Gasteiger partial charge in [0, 0.05) is 17.4 Å². The number of rotatable bonds is 4. The van der Waals surface area contributed by atoms with E-state index in [1.54, 1.807) is 29.3 Å². The number of para-hydroxylation sites is 1. The fourth-order valence-electron chi connectivity index (χ4n) is 1.90. The number of unbranched alkanes of at least 4 members (excludes halogenated alkanes) is 1. The summed E-state index contributed by atoms with van der Waals surface area (Å²) in [5, 5.41) is 15.4. The molecule has 1 aliphatic rings. The maximum Gasteiger partial charge on any atom is 0.180 e. The lowest BCUT2D eigenvalue weighted by Gasteiger charge is -2.45. The number of halogens is 1. The first-order valence-corrected chi connectivity index (χ1v) is 6.76. The average molecular weight is 298 g/mol. The second-order valence-electron chi connectivity index (χ2n) is 4.00. The van der Waals surface area contributed by atoms with Crippen LogP contribution in [0.25, 0.3) is 0 Å². The molecule has 0 saturated heterocycles. The van der Waals surface area contributed by atoms with Crippen molar-refractivity contribution >= 4 is 27.4 Å². The van der Waals surface area contributed by atoms with Gasteiger partial charge < -0.3 is 10.4 Å². The van der Waals surface area contributed by atoms with Crippen LogP contribution < -0.4 is 5.17 Å². The Labute approximate surface area is 109 Å². The van der Waals surface area contributed by atoms with Crippen molar-refractivity contribution in [3.63, 3.8) is 0 Å². The van der Waals surface area contributed by atoms with Gasteiger partial charge in [-0.1, -0.05) is 28.1 Å². The highest BCUT2D eigenvalue weighted by Gasteiger charge is 2.23. The zero-order chi connectivity index (χ0) is 12.3. The normalized spacial score (nSPS) is 16.1. The Balaban J connectivity index is 2.12. The molecule has 0 unspecified atom stereocenters. The van der Waals surface area contributed by atoms with E-state index in [0.29, 0.717) is 17.8 Å². The third kappa shape index (κ3) is 2.68. The minimum Gasteiger partial charge on any atom is -0.743 e. The smallest absolute Gasteiger partial charge is 0.180 e. The van der Waals surface area contributed by atoms with Crippen LogP contribution in [0.15, 0.2) is 24.3 Å². The van der Waals surface area contributed by atoms with Crippen LogP contribution >= 0.6 is 15.9 Å². The molecule has 17 heavy (non-hydrogen) atoms. The first kappa shape index (κ1) is 12.5. The third-order valence-corrected chi connectivity index (χ3v) is 3.35. The minimum absolute atomic E-state index is 0.0199. The van der Waals surface area contributed by atoms with E-state index in [-0.39, 0.29) is 12.3 Å². The van der Waals surface area contributed by atoms with Crippen LogP contribution in [0.4, 0.5) is 5.69 Å². The molecule has 4 nitrogen and oxygen atoms in total. The minimum atomic E-state index is 0.0199. The number of hydrazine groups is 1. The average Bonchev–Trinajstić information content (AvgIpc) is 2.36. The Morgan fingerprint density at radius 2 is 2.06 bits per heavy atom. The summed E-state index contributed by atoms with van der Waals surface area (Å²) >= 11 is 3.35. The Hall–Kier alpha value is -0.910. The fraction of sp³-hybridized carbons (Fsp3) is 0.417. The quantitative estimate of drug-likeness (QED) is 0.633. The number of hydrogen-bond acceptors (Lipinski definition) is 4. The molecule has 5 heteroatoms. The monoisotopic (exact) mass is 297 g/mol. The van der Waals surface area contributed by atoms with E-state index >= 15 is 0 Å². The lowest BCUT2D eigenvalue weighted by atomic mass is 10.1. The molecule has 1 heterocycles. The molecule has 0 bridgehead atoms. The van der Waals surface area contributed by atoms with Crippen LogP contribution in [0.2, 0.25) is 0 Å². The summed E-state index contributed by atoms with van der Waals surface area (Å²) < 4.78 is 0. The number of hydrogen-bond donors (Lipinski definition) is 0. The number of Topliss-reactive ketones (excluding diaryl/α,β-unsaturated/α-hetero) is 1. The van der Waals surface area contributed by atoms with Gasteiger partial charge in [0.15, 0.2) is 5.78 Å². The zero-order valence-corrected chi connectivity index (χ0v) is 11.0. The third-order valence-electron chi connectivity index (χ3n) is 2.79. The van der Waals surface area contributed by atoms with Gasteiger partial charge in [-0.2, -0.15) is 0 Å². The van der Waals surface area contributed by atoms with Crippen molar-refractivity contribution in [2.45, 2.75) is 12.8 Å². The highest BCUT2D eigenvalue weighted by molar-refractivity contribution is 9.09. The lowest BCUT2D eigenvalue weighted by molar-refractivity contribution is 0.0910. The number of ketones is 1. The lowest BCUT2D eigenvalue weighted by Crippen LogP contribution is -2.46. The summed E-state index contributed by atoms with van der Waals surface area (Å²) in [6.45, 7) is 0.804. The van der Waals surface area contributed by atoms with Gasteiger partial charge in [0.05, 0.1) is 12.2 Å². The van der Waals surface area contributed by atoms with Crippen molar-refractivity contribution in [3.05, 3.63) is 35.0 Å². The first-order valence-electron chi connectivity index (χ1n) is 5.64. The van der Waals surface area contributed by atoms with Gasteiger partial charge in [-0.3, -0.25) is 4.79 Å². The van der Waals surface area contributed by atoms with Crippen molar-refractivity contribution < 1.29 is 4.79 Å². The molecule has 0 amide bonds. The molecule has 0 aliphatic carbocycles. The molecule has 1 aliphatic heterocycles. The number of fused-ring (bicyclic) bond motifs is 1. The van der Waals surface area contributed by atoms with E-state index in [9.17, 15) is 10.0 Å². The molecule has 0 fully saturated rings. The van der Waals surface area contributed by atoms with E-state index in [0.717, 1.165) is 23.3 Å². The van der Waals surface area contributed by atoms with Crippen LogP contribution in [0.3, 0.4) is 0 Å². The molecule has 0 saturated carbocycles. The van der Waals surface area contributed by atoms with Crippen molar-refractivity contribution in [2.75, 3.05) is 23.6 Å². The largest absolute Gasteiger partial charge is 0.743 e. The van der Waals surface area contributed by atoms with Crippen LogP contribution in [-0.2, 0) is 0 Å². The Bertz CT molecular complexity index is 411. The number of nitrogens with zero attached hydrogens (tertiary/aromatic N) is 2. The number of carbonyl (C=O) groups excluding carboxylic acids is 1. The van der Waals surface area contributed by atoms with Gasteiger partial charge in [-0.15, -0.1) is 0 Å². The number of carbonyl (C=O) groups is 1. The summed E-state index contributed by atoms with van der Waals surface area (Å²) in [5.41, 5.74) is 0.988. The van der Waals surface area contributed by atoms with Gasteiger partial charge in [0.25, 0.3) is 0 Å². The van der Waals surface area contributed by atoms with Crippen LogP contribution in [0, 0.1) is 5.21 Å². The Morgan fingerprint density at radius 3 is 2.82 bits per heavy atom. The SMILES string of the molecule is O=C1CN(CCCCBr)N([O-])c2ccccc21. The number of benzene rings is 1. The second-order valence-corrected chi connectivity index (χ2v) is 4.79. The molecular formula is C12H14BrN2O2-. The molecular weight excluding hydrogens is 284 g/mol. The van der Waals surface area contributed by atoms with Gasteiger partial charge in [0.1, 0.15) is 0 Å². The molecule has 0 radical (unpaired) electrons. The van der Waals surface area contributed by atoms with Crippen molar-refractivity contribution in [2.24, 2.45) is 0 Å². The van der Waals surface area contributed by atoms with Crippen molar-refractivity contribution in [3.8, 4) is 0 Å². The Kier molecular flexibility index (Phi) is 4.15. The zero-order valence-electron chi connectivity index (χ0n) is 9.43. The van der Waals surface area contributed by atoms with Crippen molar-refractivity contribution in [1.82, 2.24) is 5.01 Å². The highest BCUT2D eigenvalue weighted by Crippen LogP contribution is 2.26. The predicted molar refractivity (Wildman–Crippen MR) is 71.2 cm³/mol. The molecule has 2 rings (SSSR count). The predicted octanol–water partition coefficient (Wildman–Crippen LogP) is 2.58. The maximum atomic E-state index is 12.0. The van der Waals surface area contributed by atoms with Gasteiger partial charge in [-0.05, 0) is 25.0 Å². The summed E-state index contributed by atoms with van der Waals surface area (Å²) in [6.07, 6.45) is 1.90. The second kappa shape index (κ2) is 5.62. The number of alkyl halides is 1. The van der Waals surface area contributed by atoms with Crippen molar-refractivity contribution in [1.29, 1.82) is 0 Å². The van der Waals surface area contributed by atoms with Gasteiger partial charge >= 0.3 is 0 Å². The molecule has 1 aromatic rings. The van der Waals surface area contributed by atoms with Crippen LogP contribution in [0.5, 0.6) is 0 Å². The van der Waals surface area contributed by atoms with E-state index < -0.39 is 0 Å². The molecule has 0 atom stereocenters. The van der Waals surface area contributed by atoms with Crippen LogP contribution in [0.1, 0.15) is 23.2 Å². The molecule has 0 aromatic heterocycles. The van der Waals surface area contributed by atoms with E-state index in [1.165, 1.54) is 0 Å². The van der Waals surface area contributed by atoms with Gasteiger partial charge in [0.2, 0.25) is 0 Å². The summed E-state index contributed by atoms with van der Waals surface area (Å²) in [4.78, 5) is 11.9. The van der Waals surface area contributed by atoms with E-state index in [4.69, 9.17) is 0 Å².